The summed E-state index contributed by atoms with van der Waals surface area (Å²) < 4.78 is 5.76. The summed E-state index contributed by atoms with van der Waals surface area (Å²) in [4.78, 5) is 15.8. The molecular weight excluding hydrogens is 264 g/mol. The predicted octanol–water partition coefficient (Wildman–Crippen LogP) is 4.17. The molecule has 0 saturated heterocycles. The average Bonchev–Trinajstić information content (AvgIpc) is 2.42. The van der Waals surface area contributed by atoms with E-state index in [2.05, 4.69) is 10.3 Å². The van der Waals surface area contributed by atoms with Gasteiger partial charge in [0.1, 0.15) is 11.5 Å². The van der Waals surface area contributed by atoms with Crippen molar-refractivity contribution in [3.8, 4) is 11.5 Å². The maximum absolute atomic E-state index is 11.8. The van der Waals surface area contributed by atoms with Gasteiger partial charge in [-0.1, -0.05) is 13.8 Å². The molecule has 1 N–H and O–H groups in total. The van der Waals surface area contributed by atoms with Gasteiger partial charge in [-0.05, 0) is 48.7 Å². The van der Waals surface area contributed by atoms with Crippen molar-refractivity contribution in [2.45, 2.75) is 27.2 Å². The summed E-state index contributed by atoms with van der Waals surface area (Å²) in [5.74, 6) is 1.83. The van der Waals surface area contributed by atoms with Gasteiger partial charge in [0.2, 0.25) is 5.91 Å². The molecule has 0 aliphatic rings. The quantitative estimate of drug-likeness (QED) is 0.896. The van der Waals surface area contributed by atoms with Crippen LogP contribution in [-0.2, 0) is 4.79 Å². The van der Waals surface area contributed by atoms with Crippen LogP contribution in [0.2, 0.25) is 0 Å². The summed E-state index contributed by atoms with van der Waals surface area (Å²) in [6.07, 6.45) is 3.89. The number of nitrogens with zero attached hydrogens (tertiary/aromatic N) is 1. The number of rotatable bonds is 5. The van der Waals surface area contributed by atoms with E-state index in [0.29, 0.717) is 18.1 Å². The molecule has 0 spiro atoms. The minimum Gasteiger partial charge on any atom is -0.455 e. The number of ether oxygens (including phenoxy) is 1. The third kappa shape index (κ3) is 4.60. The SMILES string of the molecule is Cc1cc(NC(=O)CC(C)C)ccc1Oc1cccnc1. The number of hydrogen-bond donors (Lipinski definition) is 1. The van der Waals surface area contributed by atoms with Crippen molar-refractivity contribution >= 4 is 11.6 Å². The van der Waals surface area contributed by atoms with Crippen molar-refractivity contribution in [2.75, 3.05) is 5.32 Å². The fraction of sp³-hybridized carbons (Fsp3) is 0.294. The summed E-state index contributed by atoms with van der Waals surface area (Å²) >= 11 is 0. The Balaban J connectivity index is 2.05. The van der Waals surface area contributed by atoms with Crippen LogP contribution in [0.15, 0.2) is 42.7 Å². The standard InChI is InChI=1S/C17H20N2O2/c1-12(2)9-17(20)19-14-6-7-16(13(3)10-14)21-15-5-4-8-18-11-15/h4-8,10-12H,9H2,1-3H3,(H,19,20). The number of pyridine rings is 1. The number of carbonyl (C=O) groups is 1. The molecule has 1 aromatic heterocycles. The molecular formula is C17H20N2O2. The molecule has 4 heteroatoms. The summed E-state index contributed by atoms with van der Waals surface area (Å²) in [6, 6.07) is 9.28. The average molecular weight is 284 g/mol. The van der Waals surface area contributed by atoms with Gasteiger partial charge in [0.15, 0.2) is 0 Å². The highest BCUT2D eigenvalue weighted by molar-refractivity contribution is 5.91. The Morgan fingerprint density at radius 3 is 2.76 bits per heavy atom. The first-order valence-corrected chi connectivity index (χ1v) is 7.03. The van der Waals surface area contributed by atoms with Crippen molar-refractivity contribution in [2.24, 2.45) is 5.92 Å². The van der Waals surface area contributed by atoms with Gasteiger partial charge in [-0.25, -0.2) is 0 Å². The van der Waals surface area contributed by atoms with Crippen LogP contribution in [0.5, 0.6) is 11.5 Å². The minimum atomic E-state index is 0.0327. The zero-order valence-corrected chi connectivity index (χ0v) is 12.6. The molecule has 4 nitrogen and oxygen atoms in total. The van der Waals surface area contributed by atoms with E-state index in [4.69, 9.17) is 4.74 Å². The fourth-order valence-electron chi connectivity index (χ4n) is 1.96. The van der Waals surface area contributed by atoms with Crippen molar-refractivity contribution in [1.82, 2.24) is 4.98 Å². The molecule has 2 rings (SSSR count). The van der Waals surface area contributed by atoms with Crippen LogP contribution >= 0.6 is 0 Å². The number of anilines is 1. The van der Waals surface area contributed by atoms with Crippen LogP contribution in [0.4, 0.5) is 5.69 Å². The fourth-order valence-corrected chi connectivity index (χ4v) is 1.96. The zero-order valence-electron chi connectivity index (χ0n) is 12.6. The first kappa shape index (κ1) is 15.0. The molecule has 0 aliphatic carbocycles. The molecule has 0 radical (unpaired) electrons. The van der Waals surface area contributed by atoms with E-state index in [0.717, 1.165) is 17.0 Å². The second-order valence-corrected chi connectivity index (χ2v) is 5.42. The summed E-state index contributed by atoms with van der Waals surface area (Å²) in [5, 5.41) is 2.90. The van der Waals surface area contributed by atoms with Gasteiger partial charge in [0.25, 0.3) is 0 Å². The van der Waals surface area contributed by atoms with Crippen LogP contribution in [-0.4, -0.2) is 10.9 Å². The van der Waals surface area contributed by atoms with Crippen LogP contribution in [0.25, 0.3) is 0 Å². The zero-order chi connectivity index (χ0) is 15.2. The first-order chi connectivity index (χ1) is 10.0. The molecule has 21 heavy (non-hydrogen) atoms. The number of benzene rings is 1. The molecule has 0 bridgehead atoms. The van der Waals surface area contributed by atoms with Gasteiger partial charge >= 0.3 is 0 Å². The van der Waals surface area contributed by atoms with Gasteiger partial charge in [-0.3, -0.25) is 9.78 Å². The Bertz CT molecular complexity index is 609. The topological polar surface area (TPSA) is 51.2 Å². The minimum absolute atomic E-state index is 0.0327. The Hall–Kier alpha value is -2.36. The Morgan fingerprint density at radius 1 is 1.33 bits per heavy atom. The monoisotopic (exact) mass is 284 g/mol. The molecule has 0 saturated carbocycles. The molecule has 110 valence electrons. The van der Waals surface area contributed by atoms with Gasteiger partial charge in [0.05, 0.1) is 6.20 Å². The van der Waals surface area contributed by atoms with Gasteiger partial charge in [-0.2, -0.15) is 0 Å². The number of hydrogen-bond acceptors (Lipinski definition) is 3. The van der Waals surface area contributed by atoms with Crippen LogP contribution < -0.4 is 10.1 Å². The van der Waals surface area contributed by atoms with Gasteiger partial charge in [-0.15, -0.1) is 0 Å². The smallest absolute Gasteiger partial charge is 0.224 e. The number of carbonyl (C=O) groups excluding carboxylic acids is 1. The summed E-state index contributed by atoms with van der Waals surface area (Å²) in [5.41, 5.74) is 1.75. The number of aromatic nitrogens is 1. The second kappa shape index (κ2) is 6.88. The van der Waals surface area contributed by atoms with E-state index < -0.39 is 0 Å². The Labute approximate surface area is 125 Å². The highest BCUT2D eigenvalue weighted by atomic mass is 16.5. The highest BCUT2D eigenvalue weighted by Crippen LogP contribution is 2.26. The van der Waals surface area contributed by atoms with E-state index in [-0.39, 0.29) is 5.91 Å². The van der Waals surface area contributed by atoms with Gasteiger partial charge < -0.3 is 10.1 Å². The van der Waals surface area contributed by atoms with Crippen LogP contribution in [0.3, 0.4) is 0 Å². The molecule has 0 unspecified atom stereocenters. The maximum atomic E-state index is 11.8. The van der Waals surface area contributed by atoms with Crippen molar-refractivity contribution in [3.05, 3.63) is 48.3 Å². The summed E-state index contributed by atoms with van der Waals surface area (Å²) in [6.45, 7) is 6.00. The van der Waals surface area contributed by atoms with Crippen molar-refractivity contribution in [1.29, 1.82) is 0 Å². The van der Waals surface area contributed by atoms with Gasteiger partial charge in [0, 0.05) is 18.3 Å². The van der Waals surface area contributed by atoms with Crippen molar-refractivity contribution in [3.63, 3.8) is 0 Å². The Morgan fingerprint density at radius 2 is 2.14 bits per heavy atom. The molecule has 1 aromatic carbocycles. The highest BCUT2D eigenvalue weighted by Gasteiger charge is 2.07. The molecule has 0 fully saturated rings. The number of amides is 1. The molecule has 2 aromatic rings. The van der Waals surface area contributed by atoms with E-state index in [1.54, 1.807) is 12.4 Å². The summed E-state index contributed by atoms with van der Waals surface area (Å²) in [7, 11) is 0. The Kier molecular flexibility index (Phi) is 4.93. The largest absolute Gasteiger partial charge is 0.455 e. The lowest BCUT2D eigenvalue weighted by Gasteiger charge is -2.11. The maximum Gasteiger partial charge on any atom is 0.224 e. The molecule has 0 atom stereocenters. The molecule has 1 amide bonds. The molecule has 0 aliphatic heterocycles. The lowest BCUT2D eigenvalue weighted by Crippen LogP contribution is -2.13. The second-order valence-electron chi connectivity index (χ2n) is 5.42. The van der Waals surface area contributed by atoms with E-state index in [1.807, 2.05) is 51.1 Å². The first-order valence-electron chi connectivity index (χ1n) is 7.03. The van der Waals surface area contributed by atoms with Crippen molar-refractivity contribution < 1.29 is 9.53 Å². The lowest BCUT2D eigenvalue weighted by molar-refractivity contribution is -0.116. The predicted molar refractivity (Wildman–Crippen MR) is 83.6 cm³/mol. The third-order valence-electron chi connectivity index (χ3n) is 2.91. The van der Waals surface area contributed by atoms with E-state index >= 15 is 0 Å². The number of aryl methyl sites for hydroxylation is 1. The molecule has 1 heterocycles. The normalized spacial score (nSPS) is 10.5. The van der Waals surface area contributed by atoms with Crippen LogP contribution in [0, 0.1) is 12.8 Å². The lowest BCUT2D eigenvalue weighted by atomic mass is 10.1. The van der Waals surface area contributed by atoms with E-state index in [9.17, 15) is 4.79 Å². The van der Waals surface area contributed by atoms with Crippen LogP contribution in [0.1, 0.15) is 25.8 Å². The third-order valence-corrected chi connectivity index (χ3v) is 2.91. The number of nitrogens with one attached hydrogen (secondary N) is 1. The van der Waals surface area contributed by atoms with E-state index in [1.165, 1.54) is 0 Å².